The number of nitrogens with one attached hydrogen (secondary N) is 1. The lowest BCUT2D eigenvalue weighted by Crippen LogP contribution is -2.67. The molecule has 0 bridgehead atoms. The highest BCUT2D eigenvalue weighted by Gasteiger charge is 2.48. The molecule has 3 aliphatic rings. The molecule has 12 heteroatoms. The predicted octanol–water partition coefficient (Wildman–Crippen LogP) is 4.25. The summed E-state index contributed by atoms with van der Waals surface area (Å²) >= 11 is 0. The minimum atomic E-state index is -3.96. The zero-order valence-corrected chi connectivity index (χ0v) is 27.0. The van der Waals surface area contributed by atoms with Crippen molar-refractivity contribution in [3.8, 4) is 5.88 Å². The highest BCUT2D eigenvalue weighted by atomic mass is 32.2. The van der Waals surface area contributed by atoms with Crippen molar-refractivity contribution in [2.24, 2.45) is 5.41 Å². The summed E-state index contributed by atoms with van der Waals surface area (Å²) in [4.78, 5) is 17.2. The Morgan fingerprint density at radius 2 is 1.91 bits per heavy atom. The van der Waals surface area contributed by atoms with Crippen molar-refractivity contribution >= 4 is 27.0 Å². The second-order valence-electron chi connectivity index (χ2n) is 13.5. The number of carbonyl (C=O) groups is 1. The zero-order valence-electron chi connectivity index (χ0n) is 26.2. The van der Waals surface area contributed by atoms with E-state index in [2.05, 4.69) is 20.6 Å². The molecule has 45 heavy (non-hydrogen) atoms. The Hall–Kier alpha value is -3.87. The molecule has 2 aromatic carbocycles. The first-order valence-corrected chi connectivity index (χ1v) is 16.8. The molecule has 1 atom stereocenters. The van der Waals surface area contributed by atoms with Crippen LogP contribution in [0.1, 0.15) is 72.0 Å². The highest BCUT2D eigenvalue weighted by molar-refractivity contribution is 7.89. The summed E-state index contributed by atoms with van der Waals surface area (Å²) in [6.07, 6.45) is 3.78. The molecule has 11 nitrogen and oxygen atoms in total. The van der Waals surface area contributed by atoms with E-state index in [9.17, 15) is 18.3 Å². The lowest BCUT2D eigenvalue weighted by Gasteiger charge is -2.42. The van der Waals surface area contributed by atoms with Gasteiger partial charge in [0.05, 0.1) is 23.5 Å². The first-order valence-electron chi connectivity index (χ1n) is 15.3. The fraction of sp³-hybridized carbons (Fsp3) is 0.455. The third kappa shape index (κ3) is 4.90. The molecule has 1 saturated carbocycles. The number of ether oxygens (including phenoxy) is 1. The van der Waals surface area contributed by atoms with Gasteiger partial charge in [0.1, 0.15) is 16.0 Å². The van der Waals surface area contributed by atoms with Crippen LogP contribution in [0.5, 0.6) is 5.88 Å². The van der Waals surface area contributed by atoms with Crippen LogP contribution in [0.15, 0.2) is 47.5 Å². The summed E-state index contributed by atoms with van der Waals surface area (Å²) in [6.45, 7) is 10.5. The molecular formula is C33H38N6O5S. The number of aromatic nitrogens is 4. The Balaban J connectivity index is 1.32. The molecule has 4 aromatic rings. The second-order valence-corrected chi connectivity index (χ2v) is 15.4. The van der Waals surface area contributed by atoms with Crippen molar-refractivity contribution in [2.75, 3.05) is 19.6 Å². The van der Waals surface area contributed by atoms with E-state index in [1.807, 2.05) is 55.8 Å². The van der Waals surface area contributed by atoms with Gasteiger partial charge in [-0.05, 0) is 93.0 Å². The number of nitrogens with zero attached hydrogens (tertiary/aromatic N) is 5. The number of pyridine rings is 1. The van der Waals surface area contributed by atoms with Gasteiger partial charge in [0.15, 0.2) is 0 Å². The molecule has 4 heterocycles. The van der Waals surface area contributed by atoms with Gasteiger partial charge in [-0.1, -0.05) is 29.5 Å². The minimum Gasteiger partial charge on any atom is -0.481 e. The Labute approximate surface area is 262 Å². The van der Waals surface area contributed by atoms with Gasteiger partial charge in [-0.25, -0.2) is 18.1 Å². The van der Waals surface area contributed by atoms with E-state index >= 15 is 0 Å². The fourth-order valence-corrected chi connectivity index (χ4v) is 8.34. The number of hydrogen-bond donors (Lipinski definition) is 2. The predicted molar refractivity (Wildman–Crippen MR) is 168 cm³/mol. The molecule has 1 aliphatic carbocycles. The van der Waals surface area contributed by atoms with Crippen molar-refractivity contribution in [1.29, 1.82) is 0 Å². The quantitative estimate of drug-likeness (QED) is 0.307. The van der Waals surface area contributed by atoms with E-state index in [4.69, 9.17) is 4.74 Å². The van der Waals surface area contributed by atoms with Crippen LogP contribution in [0.2, 0.25) is 0 Å². The standard InChI is InChI=1S/C33H38N6O5S/c1-19-12-27-30(35-14-19)44-33(16-34-17-33)18-38(45(27,42)43)15-23-13-22(7-6-20(23)2)28(32(4,5)31(40)41)25-10-11-26-29(21(25)3)36-37-39(26)24-8-9-24/h6-7,10-14,24,28,34H,8-9,15-18H2,1-5H3,(H,40,41)/t28-/m1/s1. The number of fused-ring (bicyclic) bond motifs is 2. The second kappa shape index (κ2) is 10.3. The molecule has 0 unspecified atom stereocenters. The smallest absolute Gasteiger partial charge is 0.310 e. The van der Waals surface area contributed by atoms with E-state index in [-0.39, 0.29) is 23.9 Å². The molecule has 236 valence electrons. The molecule has 1 saturated heterocycles. The monoisotopic (exact) mass is 630 g/mol. The van der Waals surface area contributed by atoms with Gasteiger partial charge in [-0.15, -0.1) is 5.10 Å². The Kier molecular flexibility index (Phi) is 6.84. The van der Waals surface area contributed by atoms with Gasteiger partial charge in [-0.3, -0.25) is 4.79 Å². The van der Waals surface area contributed by atoms with Crippen LogP contribution in [0.4, 0.5) is 0 Å². The number of aliphatic carboxylic acids is 1. The fourth-order valence-electron chi connectivity index (χ4n) is 6.70. The van der Waals surface area contributed by atoms with Crippen LogP contribution in [-0.2, 0) is 21.4 Å². The number of rotatable bonds is 7. The van der Waals surface area contributed by atoms with Crippen LogP contribution in [0.3, 0.4) is 0 Å². The van der Waals surface area contributed by atoms with E-state index in [1.165, 1.54) is 4.31 Å². The van der Waals surface area contributed by atoms with Gasteiger partial charge < -0.3 is 15.2 Å². The summed E-state index contributed by atoms with van der Waals surface area (Å²) in [6, 6.07) is 11.9. The van der Waals surface area contributed by atoms with Gasteiger partial charge in [-0.2, -0.15) is 4.31 Å². The first kappa shape index (κ1) is 29.8. The third-order valence-electron chi connectivity index (χ3n) is 9.71. The Bertz CT molecular complexity index is 1960. The molecule has 1 spiro atoms. The van der Waals surface area contributed by atoms with Crippen LogP contribution in [0.25, 0.3) is 11.0 Å². The molecule has 2 fully saturated rings. The van der Waals surface area contributed by atoms with E-state index < -0.39 is 32.9 Å². The normalized spacial score (nSPS) is 19.8. The molecular weight excluding hydrogens is 592 g/mol. The Morgan fingerprint density at radius 1 is 1.16 bits per heavy atom. The summed E-state index contributed by atoms with van der Waals surface area (Å²) in [5, 5.41) is 22.6. The molecule has 2 N–H and O–H groups in total. The summed E-state index contributed by atoms with van der Waals surface area (Å²) < 4.78 is 38.0. The number of sulfonamides is 1. The molecule has 2 aliphatic heterocycles. The largest absolute Gasteiger partial charge is 0.481 e. The van der Waals surface area contributed by atoms with Crippen LogP contribution in [-0.4, -0.2) is 69.0 Å². The molecule has 0 radical (unpaired) electrons. The average Bonchev–Trinajstić information content (AvgIpc) is 3.73. The van der Waals surface area contributed by atoms with Gasteiger partial charge in [0, 0.05) is 31.7 Å². The number of benzene rings is 2. The Morgan fingerprint density at radius 3 is 2.58 bits per heavy atom. The molecule has 7 rings (SSSR count). The van der Waals surface area contributed by atoms with Crippen LogP contribution in [0, 0.1) is 26.2 Å². The number of aryl methyl sites for hydroxylation is 3. The lowest BCUT2D eigenvalue weighted by molar-refractivity contribution is -0.147. The van der Waals surface area contributed by atoms with Gasteiger partial charge in [0.25, 0.3) is 0 Å². The zero-order chi connectivity index (χ0) is 31.9. The van der Waals surface area contributed by atoms with Crippen molar-refractivity contribution in [3.63, 3.8) is 0 Å². The maximum atomic E-state index is 14.1. The maximum Gasteiger partial charge on any atom is 0.310 e. The van der Waals surface area contributed by atoms with E-state index in [0.717, 1.165) is 57.3 Å². The van der Waals surface area contributed by atoms with Crippen LogP contribution >= 0.6 is 0 Å². The summed E-state index contributed by atoms with van der Waals surface area (Å²) in [5.74, 6) is -1.34. The lowest BCUT2D eigenvalue weighted by atomic mass is 9.69. The van der Waals surface area contributed by atoms with Crippen molar-refractivity contribution in [2.45, 2.75) is 76.5 Å². The van der Waals surface area contributed by atoms with Gasteiger partial charge in [0.2, 0.25) is 15.9 Å². The SMILES string of the molecule is Cc1cnc2c(c1)S(=O)(=O)N(Cc1cc([C@H](c3ccc4c(nnn4C4CC4)c3C)C(C)(C)C(=O)O)ccc1C)CC1(CNC1)O2. The molecule has 0 amide bonds. The molecule has 2 aromatic heterocycles. The number of carboxylic acids is 1. The van der Waals surface area contributed by atoms with E-state index in [0.29, 0.717) is 19.1 Å². The maximum absolute atomic E-state index is 14.1. The average molecular weight is 631 g/mol. The first-order chi connectivity index (χ1) is 21.3. The topological polar surface area (TPSA) is 140 Å². The highest BCUT2D eigenvalue weighted by Crippen LogP contribution is 2.45. The summed E-state index contributed by atoms with van der Waals surface area (Å²) in [5.41, 5.74) is 4.80. The third-order valence-corrected chi connectivity index (χ3v) is 11.5. The van der Waals surface area contributed by atoms with Crippen molar-refractivity contribution in [1.82, 2.24) is 29.6 Å². The summed E-state index contributed by atoms with van der Waals surface area (Å²) in [7, 11) is -3.96. The van der Waals surface area contributed by atoms with E-state index in [1.54, 1.807) is 26.1 Å². The van der Waals surface area contributed by atoms with Crippen molar-refractivity contribution in [3.05, 3.63) is 76.0 Å². The van der Waals surface area contributed by atoms with Gasteiger partial charge >= 0.3 is 5.97 Å². The number of carboxylic acid groups (broad SMARTS) is 1. The van der Waals surface area contributed by atoms with Crippen LogP contribution < -0.4 is 10.1 Å². The number of hydrogen-bond acceptors (Lipinski definition) is 8. The minimum absolute atomic E-state index is 0.0631. The van der Waals surface area contributed by atoms with Crippen molar-refractivity contribution < 1.29 is 23.1 Å².